The molecule has 0 radical (unpaired) electrons. The molecule has 1 aromatic heterocycles. The van der Waals surface area contributed by atoms with E-state index in [1.165, 1.54) is 16.8 Å². The summed E-state index contributed by atoms with van der Waals surface area (Å²) in [4.78, 5) is 14.2. The molecule has 5 aromatic carbocycles. The van der Waals surface area contributed by atoms with E-state index in [2.05, 4.69) is 136 Å². The fourth-order valence-corrected chi connectivity index (χ4v) is 5.37. The zero-order valence-corrected chi connectivity index (χ0v) is 21.3. The Morgan fingerprint density at radius 1 is 0.436 bits per heavy atom. The van der Waals surface area contributed by atoms with Crippen LogP contribution in [0.25, 0.3) is 22.5 Å². The second-order valence-corrected chi connectivity index (χ2v) is 9.55. The van der Waals surface area contributed by atoms with E-state index < -0.39 is 0 Å². The first kappa shape index (κ1) is 23.0. The summed E-state index contributed by atoms with van der Waals surface area (Å²) in [6.45, 7) is -0.0296. The molecular weight excluding hydrogens is 475 g/mol. The van der Waals surface area contributed by atoms with E-state index in [0.29, 0.717) is 0 Å². The van der Waals surface area contributed by atoms with E-state index in [1.807, 2.05) is 30.6 Å². The molecule has 0 amide bonds. The van der Waals surface area contributed by atoms with Crippen LogP contribution in [0.3, 0.4) is 0 Å². The largest absolute Gasteiger partial charge is 0.420 e. The van der Waals surface area contributed by atoms with Gasteiger partial charge in [-0.2, -0.15) is 0 Å². The van der Waals surface area contributed by atoms with Crippen molar-refractivity contribution in [3.8, 4) is 22.5 Å². The predicted octanol–water partition coefficient (Wildman–Crippen LogP) is 7.50. The molecule has 5 heteroatoms. The number of benzene rings is 5. The van der Waals surface area contributed by atoms with Gasteiger partial charge in [-0.1, -0.05) is 103 Å². The van der Waals surface area contributed by atoms with Crippen LogP contribution in [0.4, 0.5) is 22.7 Å². The summed E-state index contributed by atoms with van der Waals surface area (Å²) < 4.78 is 0. The Morgan fingerprint density at radius 3 is 1.49 bits per heavy atom. The molecule has 0 fully saturated rings. The zero-order chi connectivity index (χ0) is 26.0. The molecule has 1 aliphatic rings. The van der Waals surface area contributed by atoms with E-state index >= 15 is 0 Å². The van der Waals surface area contributed by atoms with Gasteiger partial charge < -0.3 is 9.62 Å². The minimum absolute atomic E-state index is 0.0296. The highest BCUT2D eigenvalue weighted by Gasteiger charge is 2.43. The molecule has 1 aliphatic heterocycles. The molecule has 2 heterocycles. The second kappa shape index (κ2) is 9.95. The lowest BCUT2D eigenvalue weighted by molar-refractivity contribution is 1.21. The van der Waals surface area contributed by atoms with Gasteiger partial charge in [0.2, 0.25) is 0 Å². The van der Waals surface area contributed by atoms with E-state index in [0.717, 1.165) is 33.9 Å². The Morgan fingerprint density at radius 2 is 0.897 bits per heavy atom. The summed E-state index contributed by atoms with van der Waals surface area (Å²) in [7, 11) is 0. The van der Waals surface area contributed by atoms with Crippen molar-refractivity contribution >= 4 is 35.2 Å². The van der Waals surface area contributed by atoms with Gasteiger partial charge in [0.15, 0.2) is 0 Å². The van der Waals surface area contributed by atoms with Gasteiger partial charge in [-0.05, 0) is 41.9 Å². The van der Waals surface area contributed by atoms with Crippen molar-refractivity contribution in [2.75, 3.05) is 9.62 Å². The number of hydrogen-bond acceptors (Lipinski definition) is 4. The Kier molecular flexibility index (Phi) is 5.87. The van der Waals surface area contributed by atoms with E-state index in [4.69, 9.17) is 4.98 Å². The molecule has 0 atom stereocenters. The number of para-hydroxylation sites is 3. The summed E-state index contributed by atoms with van der Waals surface area (Å²) in [5, 5.41) is 0. The van der Waals surface area contributed by atoms with Crippen LogP contribution in [0.1, 0.15) is 0 Å². The van der Waals surface area contributed by atoms with Crippen molar-refractivity contribution in [3.63, 3.8) is 0 Å². The van der Waals surface area contributed by atoms with Crippen molar-refractivity contribution < 1.29 is 0 Å². The summed E-state index contributed by atoms with van der Waals surface area (Å²) >= 11 is 0. The van der Waals surface area contributed by atoms with Gasteiger partial charge >= 0.3 is 6.98 Å². The number of hydrogen-bond donors (Lipinski definition) is 0. The summed E-state index contributed by atoms with van der Waals surface area (Å²) in [5.41, 5.74) is 9.68. The van der Waals surface area contributed by atoms with Gasteiger partial charge in [0.05, 0.1) is 35.2 Å². The standard InChI is InChI=1S/C34H25BN4/c1-4-12-26(13-5-1)31-24-36-25-32(37-31)27-20-22-30(23-21-27)39-34-19-11-10-18-33(34)38(29-16-8-3-9-17-29)35(39)28-14-6-2-7-15-28/h1-25H. The Bertz CT molecular complexity index is 1710. The van der Waals surface area contributed by atoms with Crippen molar-refractivity contribution in [1.82, 2.24) is 9.97 Å². The lowest BCUT2D eigenvalue weighted by atomic mass is 9.64. The minimum Gasteiger partial charge on any atom is -0.360 e. The quantitative estimate of drug-likeness (QED) is 0.230. The molecule has 0 N–H and O–H groups in total. The van der Waals surface area contributed by atoms with Crippen LogP contribution in [0.2, 0.25) is 0 Å². The molecule has 0 saturated carbocycles. The van der Waals surface area contributed by atoms with Crippen LogP contribution in [0, 0.1) is 0 Å². The van der Waals surface area contributed by atoms with Gasteiger partial charge in [-0.25, -0.2) is 4.98 Å². The molecule has 6 aromatic rings. The van der Waals surface area contributed by atoms with Gasteiger partial charge in [0.25, 0.3) is 0 Å². The van der Waals surface area contributed by atoms with Crippen LogP contribution in [-0.2, 0) is 0 Å². The Labute approximate surface area is 229 Å². The first-order valence-electron chi connectivity index (χ1n) is 13.1. The van der Waals surface area contributed by atoms with E-state index in [9.17, 15) is 0 Å². The topological polar surface area (TPSA) is 32.3 Å². The van der Waals surface area contributed by atoms with Crippen LogP contribution < -0.4 is 15.1 Å². The molecule has 7 rings (SSSR count). The smallest absolute Gasteiger partial charge is 0.360 e. The highest BCUT2D eigenvalue weighted by molar-refractivity contribution is 6.84. The maximum Gasteiger partial charge on any atom is 0.420 e. The third-order valence-corrected chi connectivity index (χ3v) is 7.17. The van der Waals surface area contributed by atoms with E-state index in [-0.39, 0.29) is 6.98 Å². The highest BCUT2D eigenvalue weighted by atomic mass is 15.3. The SMILES string of the molecule is c1ccc(B2N(c3ccccc3)c3ccccc3N2c2ccc(-c3cncc(-c4ccccc4)n3)cc2)cc1. The molecule has 0 saturated heterocycles. The van der Waals surface area contributed by atoms with E-state index in [1.54, 1.807) is 0 Å². The average molecular weight is 500 g/mol. The average Bonchev–Trinajstić information content (AvgIpc) is 3.38. The normalized spacial score (nSPS) is 12.5. The maximum absolute atomic E-state index is 4.91. The number of nitrogens with zero attached hydrogens (tertiary/aromatic N) is 4. The third-order valence-electron chi connectivity index (χ3n) is 7.17. The number of anilines is 4. The summed E-state index contributed by atoms with van der Waals surface area (Å²) in [5.74, 6) is 0. The van der Waals surface area contributed by atoms with Crippen molar-refractivity contribution in [3.05, 3.63) is 152 Å². The summed E-state index contributed by atoms with van der Waals surface area (Å²) in [6, 6.07) is 48.8. The lowest BCUT2D eigenvalue weighted by Crippen LogP contribution is -2.53. The minimum atomic E-state index is -0.0296. The molecule has 0 bridgehead atoms. The van der Waals surface area contributed by atoms with Crippen molar-refractivity contribution in [2.45, 2.75) is 0 Å². The maximum atomic E-state index is 4.91. The molecule has 4 nitrogen and oxygen atoms in total. The van der Waals surface area contributed by atoms with Crippen molar-refractivity contribution in [2.24, 2.45) is 0 Å². The number of fused-ring (bicyclic) bond motifs is 1. The molecular formula is C34H25BN4. The molecule has 0 unspecified atom stereocenters. The number of aromatic nitrogens is 2. The second-order valence-electron chi connectivity index (χ2n) is 9.55. The van der Waals surface area contributed by atoms with Gasteiger partial charge in [0, 0.05) is 22.5 Å². The van der Waals surface area contributed by atoms with Crippen LogP contribution in [0.5, 0.6) is 0 Å². The molecule has 184 valence electrons. The van der Waals surface area contributed by atoms with Gasteiger partial charge in [-0.3, -0.25) is 4.98 Å². The fraction of sp³-hybridized carbons (Fsp3) is 0. The monoisotopic (exact) mass is 500 g/mol. The number of rotatable bonds is 5. The first-order valence-corrected chi connectivity index (χ1v) is 13.1. The van der Waals surface area contributed by atoms with Crippen molar-refractivity contribution in [1.29, 1.82) is 0 Å². The van der Waals surface area contributed by atoms with Crippen LogP contribution >= 0.6 is 0 Å². The van der Waals surface area contributed by atoms with Gasteiger partial charge in [-0.15, -0.1) is 0 Å². The first-order chi connectivity index (χ1) is 19.4. The third kappa shape index (κ3) is 4.24. The van der Waals surface area contributed by atoms with Gasteiger partial charge in [0.1, 0.15) is 0 Å². The van der Waals surface area contributed by atoms with Crippen LogP contribution in [0.15, 0.2) is 152 Å². The van der Waals surface area contributed by atoms with Crippen LogP contribution in [-0.4, -0.2) is 17.0 Å². The zero-order valence-electron chi connectivity index (χ0n) is 21.3. The highest BCUT2D eigenvalue weighted by Crippen LogP contribution is 2.46. The molecule has 39 heavy (non-hydrogen) atoms. The fourth-order valence-electron chi connectivity index (χ4n) is 5.37. The molecule has 0 aliphatic carbocycles. The Hall–Kier alpha value is -5.16. The lowest BCUT2D eigenvalue weighted by Gasteiger charge is -2.30. The summed E-state index contributed by atoms with van der Waals surface area (Å²) in [6.07, 6.45) is 3.65. The molecule has 0 spiro atoms. The Balaban J connectivity index is 1.31. The predicted molar refractivity (Wildman–Crippen MR) is 162 cm³/mol.